The molecule has 1 N–H and O–H groups in total. The third-order valence-corrected chi connectivity index (χ3v) is 3.10. The molecule has 0 saturated carbocycles. The predicted octanol–water partition coefficient (Wildman–Crippen LogP) is 3.69. The average molecular weight is 303 g/mol. The lowest BCUT2D eigenvalue weighted by Gasteiger charge is -2.16. The monoisotopic (exact) mass is 302 g/mol. The molecule has 4 heteroatoms. The van der Waals surface area contributed by atoms with Crippen LogP contribution in [0.3, 0.4) is 0 Å². The van der Waals surface area contributed by atoms with Gasteiger partial charge in [-0.15, -0.1) is 0 Å². The fraction of sp³-hybridized carbons (Fsp3) is 0.538. The average Bonchev–Trinajstić information content (AvgIpc) is 2.32. The van der Waals surface area contributed by atoms with E-state index >= 15 is 0 Å². The molecule has 0 amide bonds. The van der Waals surface area contributed by atoms with Crippen molar-refractivity contribution in [2.75, 3.05) is 13.2 Å². The van der Waals surface area contributed by atoms with Gasteiger partial charge in [-0.05, 0) is 38.0 Å². The van der Waals surface area contributed by atoms with Crippen LogP contribution in [-0.4, -0.2) is 18.3 Å². The molecule has 17 heavy (non-hydrogen) atoms. The van der Waals surface area contributed by atoms with E-state index in [1.54, 1.807) is 0 Å². The summed E-state index contributed by atoms with van der Waals surface area (Å²) < 4.78 is 11.9. The second kappa shape index (κ2) is 6.87. The third-order valence-electron chi connectivity index (χ3n) is 2.41. The molecule has 1 rings (SSSR count). The van der Waals surface area contributed by atoms with Gasteiger partial charge in [0.15, 0.2) is 11.5 Å². The SMILES string of the molecule is CCOc1cc(Br)c([C@H](O)CC)cc1OCC. The van der Waals surface area contributed by atoms with Crippen LogP contribution in [0.15, 0.2) is 16.6 Å². The molecule has 0 aliphatic rings. The highest BCUT2D eigenvalue weighted by molar-refractivity contribution is 9.10. The van der Waals surface area contributed by atoms with Crippen molar-refractivity contribution in [3.05, 3.63) is 22.2 Å². The Hall–Kier alpha value is -0.740. The Labute approximate surface area is 111 Å². The fourth-order valence-corrected chi connectivity index (χ4v) is 2.15. The van der Waals surface area contributed by atoms with Crippen LogP contribution in [0.2, 0.25) is 0 Å². The van der Waals surface area contributed by atoms with Gasteiger partial charge in [0.05, 0.1) is 19.3 Å². The van der Waals surface area contributed by atoms with Gasteiger partial charge in [0.1, 0.15) is 0 Å². The number of hydrogen-bond acceptors (Lipinski definition) is 3. The molecule has 0 unspecified atom stereocenters. The van der Waals surface area contributed by atoms with Crippen LogP contribution in [0.5, 0.6) is 11.5 Å². The maximum absolute atomic E-state index is 9.90. The number of rotatable bonds is 6. The summed E-state index contributed by atoms with van der Waals surface area (Å²) >= 11 is 3.45. The lowest BCUT2D eigenvalue weighted by molar-refractivity contribution is 0.172. The van der Waals surface area contributed by atoms with Crippen molar-refractivity contribution < 1.29 is 14.6 Å². The summed E-state index contributed by atoms with van der Waals surface area (Å²) in [5.74, 6) is 1.38. The van der Waals surface area contributed by atoms with Crippen molar-refractivity contribution >= 4 is 15.9 Å². The minimum atomic E-state index is -0.487. The summed E-state index contributed by atoms with van der Waals surface area (Å²) in [5, 5.41) is 9.90. The van der Waals surface area contributed by atoms with E-state index in [1.165, 1.54) is 0 Å². The van der Waals surface area contributed by atoms with Gasteiger partial charge in [0.2, 0.25) is 0 Å². The molecule has 0 aliphatic heterocycles. The van der Waals surface area contributed by atoms with Crippen LogP contribution in [0, 0.1) is 0 Å². The Morgan fingerprint density at radius 1 is 1.12 bits per heavy atom. The van der Waals surface area contributed by atoms with E-state index in [-0.39, 0.29) is 0 Å². The van der Waals surface area contributed by atoms with Crippen LogP contribution >= 0.6 is 15.9 Å². The summed E-state index contributed by atoms with van der Waals surface area (Å²) in [5.41, 5.74) is 0.833. The number of aliphatic hydroxyl groups is 1. The van der Waals surface area contributed by atoms with E-state index in [2.05, 4.69) is 15.9 Å². The van der Waals surface area contributed by atoms with Crippen LogP contribution < -0.4 is 9.47 Å². The maximum Gasteiger partial charge on any atom is 0.162 e. The first kappa shape index (κ1) is 14.3. The molecule has 0 aromatic heterocycles. The molecule has 1 aromatic rings. The van der Waals surface area contributed by atoms with Gasteiger partial charge < -0.3 is 14.6 Å². The van der Waals surface area contributed by atoms with Gasteiger partial charge in [-0.2, -0.15) is 0 Å². The van der Waals surface area contributed by atoms with E-state index in [0.29, 0.717) is 31.1 Å². The molecule has 0 radical (unpaired) electrons. The normalized spacial score (nSPS) is 12.3. The van der Waals surface area contributed by atoms with Crippen molar-refractivity contribution in [2.45, 2.75) is 33.3 Å². The Kier molecular flexibility index (Phi) is 5.78. The number of hydrogen-bond donors (Lipinski definition) is 1. The molecule has 1 atom stereocenters. The molecule has 0 spiro atoms. The second-order valence-corrected chi connectivity index (χ2v) is 4.46. The standard InChI is InChI=1S/C13H19BrO3/c1-4-11(15)9-7-12(16-5-2)13(17-6-3)8-10(9)14/h7-8,11,15H,4-6H2,1-3H3/t11-/m1/s1. The minimum absolute atomic E-state index is 0.487. The quantitative estimate of drug-likeness (QED) is 0.871. The number of aliphatic hydroxyl groups excluding tert-OH is 1. The largest absolute Gasteiger partial charge is 0.490 e. The second-order valence-electron chi connectivity index (χ2n) is 3.61. The van der Waals surface area contributed by atoms with Gasteiger partial charge in [-0.25, -0.2) is 0 Å². The smallest absolute Gasteiger partial charge is 0.162 e. The molecule has 0 bridgehead atoms. The molecule has 1 aromatic carbocycles. The summed E-state index contributed by atoms with van der Waals surface area (Å²) in [6.07, 6.45) is 0.178. The van der Waals surface area contributed by atoms with Crippen LogP contribution in [0.4, 0.5) is 0 Å². The molecule has 0 saturated heterocycles. The Morgan fingerprint density at radius 2 is 1.65 bits per heavy atom. The van der Waals surface area contributed by atoms with Crippen molar-refractivity contribution in [3.8, 4) is 11.5 Å². The third kappa shape index (κ3) is 3.61. The summed E-state index contributed by atoms with van der Waals surface area (Å²) in [4.78, 5) is 0. The van der Waals surface area contributed by atoms with Crippen molar-refractivity contribution in [3.63, 3.8) is 0 Å². The first-order valence-corrected chi connectivity index (χ1v) is 6.70. The first-order valence-electron chi connectivity index (χ1n) is 5.91. The van der Waals surface area contributed by atoms with Gasteiger partial charge in [0.25, 0.3) is 0 Å². The van der Waals surface area contributed by atoms with E-state index in [1.807, 2.05) is 32.9 Å². The zero-order valence-electron chi connectivity index (χ0n) is 10.5. The molecule has 3 nitrogen and oxygen atoms in total. The summed E-state index contributed by atoms with van der Waals surface area (Å²) in [6, 6.07) is 3.69. The number of halogens is 1. The van der Waals surface area contributed by atoms with Crippen LogP contribution in [-0.2, 0) is 0 Å². The Balaban J connectivity index is 3.14. The van der Waals surface area contributed by atoms with Gasteiger partial charge in [-0.1, -0.05) is 22.9 Å². The zero-order chi connectivity index (χ0) is 12.8. The van der Waals surface area contributed by atoms with Crippen molar-refractivity contribution in [2.24, 2.45) is 0 Å². The van der Waals surface area contributed by atoms with E-state index < -0.39 is 6.10 Å². The topological polar surface area (TPSA) is 38.7 Å². The van der Waals surface area contributed by atoms with Crippen LogP contribution in [0.1, 0.15) is 38.9 Å². The summed E-state index contributed by atoms with van der Waals surface area (Å²) in [7, 11) is 0. The highest BCUT2D eigenvalue weighted by atomic mass is 79.9. The molecule has 0 aliphatic carbocycles. The Morgan fingerprint density at radius 3 is 2.12 bits per heavy atom. The number of ether oxygens (including phenoxy) is 2. The Bertz CT molecular complexity index is 366. The lowest BCUT2D eigenvalue weighted by atomic mass is 10.1. The van der Waals surface area contributed by atoms with Crippen molar-refractivity contribution in [1.82, 2.24) is 0 Å². The molecule has 0 heterocycles. The van der Waals surface area contributed by atoms with Crippen molar-refractivity contribution in [1.29, 1.82) is 0 Å². The molecule has 0 fully saturated rings. The molecular formula is C13H19BrO3. The van der Waals surface area contributed by atoms with E-state index in [9.17, 15) is 5.11 Å². The zero-order valence-corrected chi connectivity index (χ0v) is 12.1. The fourth-order valence-electron chi connectivity index (χ4n) is 1.56. The molecular weight excluding hydrogens is 284 g/mol. The summed E-state index contributed by atoms with van der Waals surface area (Å²) in [6.45, 7) is 6.95. The van der Waals surface area contributed by atoms with Gasteiger partial charge in [0, 0.05) is 4.47 Å². The maximum atomic E-state index is 9.90. The van der Waals surface area contributed by atoms with E-state index in [4.69, 9.17) is 9.47 Å². The highest BCUT2D eigenvalue weighted by Crippen LogP contribution is 2.37. The highest BCUT2D eigenvalue weighted by Gasteiger charge is 2.15. The van der Waals surface area contributed by atoms with Gasteiger partial charge in [-0.3, -0.25) is 0 Å². The van der Waals surface area contributed by atoms with Crippen LogP contribution in [0.25, 0.3) is 0 Å². The lowest BCUT2D eigenvalue weighted by Crippen LogP contribution is -2.02. The first-order chi connectivity index (χ1) is 8.13. The number of benzene rings is 1. The predicted molar refractivity (Wildman–Crippen MR) is 71.7 cm³/mol. The molecule has 96 valence electrons. The van der Waals surface area contributed by atoms with Gasteiger partial charge >= 0.3 is 0 Å². The van der Waals surface area contributed by atoms with E-state index in [0.717, 1.165) is 10.0 Å². The minimum Gasteiger partial charge on any atom is -0.490 e.